The number of anilines is 2. The van der Waals surface area contributed by atoms with Crippen molar-refractivity contribution in [2.45, 2.75) is 19.4 Å². The Labute approximate surface area is 116 Å². The first-order valence-corrected chi connectivity index (χ1v) is 6.20. The fourth-order valence-corrected chi connectivity index (χ4v) is 1.53. The Hall–Kier alpha value is -2.34. The van der Waals surface area contributed by atoms with E-state index in [4.69, 9.17) is 4.42 Å². The number of aliphatic hydroxyl groups excluding tert-OH is 1. The SMILES string of the molecule is CC(C)(CO)Nc1ccc(NC(=O)c2ccco2)cn1. The number of carbonyl (C=O) groups excluding carboxylic acids is 1. The van der Waals surface area contributed by atoms with Gasteiger partial charge in [0, 0.05) is 0 Å². The molecule has 0 unspecified atom stereocenters. The number of pyridine rings is 1. The third-order valence-corrected chi connectivity index (χ3v) is 2.63. The van der Waals surface area contributed by atoms with Gasteiger partial charge in [0.1, 0.15) is 5.82 Å². The lowest BCUT2D eigenvalue weighted by Gasteiger charge is -2.24. The monoisotopic (exact) mass is 275 g/mol. The van der Waals surface area contributed by atoms with Crippen molar-refractivity contribution in [2.24, 2.45) is 0 Å². The maximum absolute atomic E-state index is 11.8. The van der Waals surface area contributed by atoms with Crippen molar-refractivity contribution in [1.29, 1.82) is 0 Å². The van der Waals surface area contributed by atoms with Crippen LogP contribution in [0.3, 0.4) is 0 Å². The van der Waals surface area contributed by atoms with E-state index in [9.17, 15) is 9.90 Å². The smallest absolute Gasteiger partial charge is 0.291 e. The summed E-state index contributed by atoms with van der Waals surface area (Å²) in [6.45, 7) is 3.72. The number of furan rings is 1. The van der Waals surface area contributed by atoms with Gasteiger partial charge in [-0.1, -0.05) is 0 Å². The molecular weight excluding hydrogens is 258 g/mol. The molecule has 0 spiro atoms. The molecule has 1 amide bonds. The predicted molar refractivity (Wildman–Crippen MR) is 75.7 cm³/mol. The molecule has 2 aromatic heterocycles. The standard InChI is InChI=1S/C14H17N3O3/c1-14(2,9-18)17-12-6-5-10(8-15-12)16-13(19)11-4-3-7-20-11/h3-8,18H,9H2,1-2H3,(H,15,17)(H,16,19). The number of rotatable bonds is 5. The van der Waals surface area contributed by atoms with Crippen LogP contribution in [0.15, 0.2) is 41.1 Å². The van der Waals surface area contributed by atoms with Crippen LogP contribution >= 0.6 is 0 Å². The van der Waals surface area contributed by atoms with E-state index in [1.165, 1.54) is 12.5 Å². The zero-order chi connectivity index (χ0) is 14.6. The first-order chi connectivity index (χ1) is 9.50. The zero-order valence-corrected chi connectivity index (χ0v) is 11.4. The molecule has 0 aliphatic rings. The molecule has 0 radical (unpaired) electrons. The van der Waals surface area contributed by atoms with Crippen molar-refractivity contribution in [3.63, 3.8) is 0 Å². The summed E-state index contributed by atoms with van der Waals surface area (Å²) in [5, 5.41) is 14.9. The Kier molecular flexibility index (Phi) is 4.05. The molecule has 0 atom stereocenters. The largest absolute Gasteiger partial charge is 0.459 e. The molecule has 0 fully saturated rings. The molecule has 3 N–H and O–H groups in total. The van der Waals surface area contributed by atoms with Crippen LogP contribution in [0.25, 0.3) is 0 Å². The molecule has 20 heavy (non-hydrogen) atoms. The van der Waals surface area contributed by atoms with Gasteiger partial charge in [-0.25, -0.2) is 4.98 Å². The van der Waals surface area contributed by atoms with Crippen LogP contribution in [0.1, 0.15) is 24.4 Å². The van der Waals surface area contributed by atoms with Gasteiger partial charge >= 0.3 is 0 Å². The van der Waals surface area contributed by atoms with Crippen molar-refractivity contribution >= 4 is 17.4 Å². The third-order valence-electron chi connectivity index (χ3n) is 2.63. The minimum absolute atomic E-state index is 0.00827. The van der Waals surface area contributed by atoms with Gasteiger partial charge in [-0.2, -0.15) is 0 Å². The molecular formula is C14H17N3O3. The average molecular weight is 275 g/mol. The van der Waals surface area contributed by atoms with Crippen molar-refractivity contribution in [3.05, 3.63) is 42.5 Å². The number of hydrogen-bond acceptors (Lipinski definition) is 5. The summed E-state index contributed by atoms with van der Waals surface area (Å²) in [5.74, 6) is 0.543. The van der Waals surface area contributed by atoms with E-state index in [1.54, 1.807) is 24.3 Å². The van der Waals surface area contributed by atoms with E-state index in [1.807, 2.05) is 13.8 Å². The summed E-state index contributed by atoms with van der Waals surface area (Å²) >= 11 is 0. The molecule has 2 heterocycles. The Morgan fingerprint density at radius 3 is 2.75 bits per heavy atom. The van der Waals surface area contributed by atoms with Gasteiger partial charge in [-0.15, -0.1) is 0 Å². The molecule has 0 saturated carbocycles. The third kappa shape index (κ3) is 3.58. The van der Waals surface area contributed by atoms with Gasteiger partial charge in [0.05, 0.1) is 30.3 Å². The van der Waals surface area contributed by atoms with E-state index in [-0.39, 0.29) is 18.3 Å². The number of hydrogen-bond donors (Lipinski definition) is 3. The van der Waals surface area contributed by atoms with E-state index >= 15 is 0 Å². The van der Waals surface area contributed by atoms with Crippen LogP contribution in [0.4, 0.5) is 11.5 Å². The van der Waals surface area contributed by atoms with Gasteiger partial charge < -0.3 is 20.2 Å². The van der Waals surface area contributed by atoms with Gasteiger partial charge in [-0.05, 0) is 38.1 Å². The quantitative estimate of drug-likeness (QED) is 0.778. The first kappa shape index (κ1) is 14.1. The summed E-state index contributed by atoms with van der Waals surface area (Å²) in [7, 11) is 0. The lowest BCUT2D eigenvalue weighted by molar-refractivity contribution is 0.0996. The maximum Gasteiger partial charge on any atom is 0.291 e. The zero-order valence-electron chi connectivity index (χ0n) is 11.4. The Morgan fingerprint density at radius 1 is 1.40 bits per heavy atom. The topological polar surface area (TPSA) is 87.4 Å². The maximum atomic E-state index is 11.8. The van der Waals surface area contributed by atoms with Crippen LogP contribution in [0.5, 0.6) is 0 Å². The summed E-state index contributed by atoms with van der Waals surface area (Å²) in [6, 6.07) is 6.69. The van der Waals surface area contributed by atoms with Gasteiger partial charge in [-0.3, -0.25) is 4.79 Å². The summed E-state index contributed by atoms with van der Waals surface area (Å²) < 4.78 is 5.00. The van der Waals surface area contributed by atoms with Crippen molar-refractivity contribution in [2.75, 3.05) is 17.2 Å². The lowest BCUT2D eigenvalue weighted by Crippen LogP contribution is -2.35. The highest BCUT2D eigenvalue weighted by Crippen LogP contribution is 2.15. The van der Waals surface area contributed by atoms with Crippen LogP contribution in [-0.4, -0.2) is 28.1 Å². The second kappa shape index (κ2) is 5.75. The fourth-order valence-electron chi connectivity index (χ4n) is 1.53. The van der Waals surface area contributed by atoms with Crippen molar-refractivity contribution in [3.8, 4) is 0 Å². The Morgan fingerprint density at radius 2 is 2.20 bits per heavy atom. The minimum atomic E-state index is -0.452. The second-order valence-electron chi connectivity index (χ2n) is 5.03. The molecule has 0 aliphatic heterocycles. The normalized spacial score (nSPS) is 11.2. The molecule has 0 saturated heterocycles. The molecule has 106 valence electrons. The van der Waals surface area contributed by atoms with Gasteiger partial charge in [0.15, 0.2) is 5.76 Å². The first-order valence-electron chi connectivity index (χ1n) is 6.20. The Bertz CT molecular complexity index is 562. The molecule has 0 bridgehead atoms. The van der Waals surface area contributed by atoms with E-state index in [2.05, 4.69) is 15.6 Å². The fraction of sp³-hybridized carbons (Fsp3) is 0.286. The number of nitrogens with one attached hydrogen (secondary N) is 2. The number of aliphatic hydroxyl groups is 1. The van der Waals surface area contributed by atoms with Crippen LogP contribution in [0.2, 0.25) is 0 Å². The van der Waals surface area contributed by atoms with Gasteiger partial charge in [0.25, 0.3) is 5.91 Å². The van der Waals surface area contributed by atoms with Crippen LogP contribution < -0.4 is 10.6 Å². The number of nitrogens with zero attached hydrogens (tertiary/aromatic N) is 1. The van der Waals surface area contributed by atoms with Crippen LogP contribution in [-0.2, 0) is 0 Å². The Balaban J connectivity index is 2.00. The van der Waals surface area contributed by atoms with E-state index in [0.717, 1.165) is 0 Å². The van der Waals surface area contributed by atoms with E-state index < -0.39 is 5.54 Å². The highest BCUT2D eigenvalue weighted by molar-refractivity contribution is 6.02. The highest BCUT2D eigenvalue weighted by Gasteiger charge is 2.16. The predicted octanol–water partition coefficient (Wildman–Crippen LogP) is 2.11. The number of amides is 1. The average Bonchev–Trinajstić information content (AvgIpc) is 2.95. The van der Waals surface area contributed by atoms with Gasteiger partial charge in [0.2, 0.25) is 0 Å². The summed E-state index contributed by atoms with van der Waals surface area (Å²) in [5.41, 5.74) is 0.116. The molecule has 2 aromatic rings. The van der Waals surface area contributed by atoms with Crippen LogP contribution in [0, 0.1) is 0 Å². The second-order valence-corrected chi connectivity index (χ2v) is 5.03. The summed E-state index contributed by atoms with van der Waals surface area (Å²) in [6.07, 6.45) is 2.98. The summed E-state index contributed by atoms with van der Waals surface area (Å²) in [4.78, 5) is 15.9. The molecule has 0 aliphatic carbocycles. The van der Waals surface area contributed by atoms with Crippen molar-refractivity contribution < 1.29 is 14.3 Å². The lowest BCUT2D eigenvalue weighted by atomic mass is 10.1. The minimum Gasteiger partial charge on any atom is -0.459 e. The molecule has 6 nitrogen and oxygen atoms in total. The van der Waals surface area contributed by atoms with E-state index in [0.29, 0.717) is 11.5 Å². The molecule has 6 heteroatoms. The number of aromatic nitrogens is 1. The number of carbonyl (C=O) groups is 1. The van der Waals surface area contributed by atoms with Crippen molar-refractivity contribution in [1.82, 2.24) is 4.98 Å². The highest BCUT2D eigenvalue weighted by atomic mass is 16.3. The molecule has 0 aromatic carbocycles. The molecule has 2 rings (SSSR count).